The zero-order valence-electron chi connectivity index (χ0n) is 14.3. The van der Waals surface area contributed by atoms with Crippen LogP contribution in [0.15, 0.2) is 6.07 Å². The van der Waals surface area contributed by atoms with Crippen molar-refractivity contribution in [2.45, 2.75) is 72.4 Å². The number of hydrogen-bond donors (Lipinski definition) is 1. The van der Waals surface area contributed by atoms with E-state index in [0.29, 0.717) is 12.2 Å². The Bertz CT molecular complexity index is 454. The minimum absolute atomic E-state index is 0.174. The number of hydrogen-bond acceptors (Lipinski definition) is 4. The third-order valence-corrected chi connectivity index (χ3v) is 4.85. The average molecular weight is 311 g/mol. The highest BCUT2D eigenvalue weighted by Crippen LogP contribution is 2.24. The molecule has 2 unspecified atom stereocenters. The molecule has 21 heavy (non-hydrogen) atoms. The molecular weight excluding hydrogens is 280 g/mol. The summed E-state index contributed by atoms with van der Waals surface area (Å²) in [5.74, 6) is 0. The van der Waals surface area contributed by atoms with Gasteiger partial charge in [0.15, 0.2) is 0 Å². The molecule has 4 heteroatoms. The van der Waals surface area contributed by atoms with Gasteiger partial charge in [0.25, 0.3) is 0 Å². The number of ether oxygens (including phenoxy) is 1. The molecule has 1 saturated heterocycles. The van der Waals surface area contributed by atoms with E-state index in [1.54, 1.807) is 0 Å². The van der Waals surface area contributed by atoms with Crippen molar-refractivity contribution < 1.29 is 4.74 Å². The van der Waals surface area contributed by atoms with Gasteiger partial charge >= 0.3 is 0 Å². The predicted octanol–water partition coefficient (Wildman–Crippen LogP) is 3.55. The van der Waals surface area contributed by atoms with E-state index in [9.17, 15) is 0 Å². The molecule has 0 amide bonds. The molecule has 0 saturated carbocycles. The second kappa shape index (κ2) is 6.78. The topological polar surface area (TPSA) is 24.5 Å². The number of nitrogens with zero attached hydrogens (tertiary/aromatic N) is 1. The molecule has 2 atom stereocenters. The molecule has 1 aromatic rings. The van der Waals surface area contributed by atoms with Gasteiger partial charge in [-0.1, -0.05) is 0 Å². The van der Waals surface area contributed by atoms with Crippen LogP contribution < -0.4 is 5.32 Å². The summed E-state index contributed by atoms with van der Waals surface area (Å²) >= 11 is 1.92. The molecule has 1 aliphatic heterocycles. The van der Waals surface area contributed by atoms with Crippen LogP contribution in [0.5, 0.6) is 0 Å². The highest BCUT2D eigenvalue weighted by Gasteiger charge is 2.23. The van der Waals surface area contributed by atoms with Gasteiger partial charge in [-0.15, -0.1) is 11.3 Å². The summed E-state index contributed by atoms with van der Waals surface area (Å²) in [6.07, 6.45) is 0.685. The van der Waals surface area contributed by atoms with Crippen LogP contribution in [-0.2, 0) is 17.8 Å². The van der Waals surface area contributed by atoms with Gasteiger partial charge in [-0.3, -0.25) is 4.90 Å². The summed E-state index contributed by atoms with van der Waals surface area (Å²) in [6.45, 7) is 17.3. The number of thiophene rings is 1. The highest BCUT2D eigenvalue weighted by atomic mass is 32.1. The molecule has 0 aliphatic carbocycles. The van der Waals surface area contributed by atoms with Crippen molar-refractivity contribution in [1.29, 1.82) is 0 Å². The largest absolute Gasteiger partial charge is 0.373 e. The standard InChI is InChI=1S/C17H30N2OS/c1-12-9-19(10-13(2)20-12)11-15-7-16(21-14(15)3)8-18-17(4,5)6/h7,12-13,18H,8-11H2,1-6H3. The van der Waals surface area contributed by atoms with Gasteiger partial charge < -0.3 is 10.1 Å². The monoisotopic (exact) mass is 310 g/mol. The summed E-state index contributed by atoms with van der Waals surface area (Å²) < 4.78 is 5.82. The first kappa shape index (κ1) is 16.9. The second-order valence-corrected chi connectivity index (χ2v) is 8.69. The normalized spacial score (nSPS) is 24.5. The number of morpholine rings is 1. The zero-order valence-corrected chi connectivity index (χ0v) is 15.1. The molecule has 1 aliphatic rings. The lowest BCUT2D eigenvalue weighted by molar-refractivity contribution is -0.0705. The molecule has 2 rings (SSSR count). The van der Waals surface area contributed by atoms with Gasteiger partial charge in [0, 0.05) is 41.5 Å². The summed E-state index contributed by atoms with van der Waals surface area (Å²) in [5, 5.41) is 3.57. The second-order valence-electron chi connectivity index (χ2n) is 7.35. The third-order valence-electron chi connectivity index (χ3n) is 3.75. The third kappa shape index (κ3) is 5.37. The van der Waals surface area contributed by atoms with Crippen molar-refractivity contribution >= 4 is 11.3 Å². The van der Waals surface area contributed by atoms with Crippen molar-refractivity contribution in [2.24, 2.45) is 0 Å². The SMILES string of the molecule is Cc1sc(CNC(C)(C)C)cc1CN1CC(C)OC(C)C1. The maximum absolute atomic E-state index is 5.82. The van der Waals surface area contributed by atoms with Gasteiger partial charge in [-0.25, -0.2) is 0 Å². The minimum Gasteiger partial charge on any atom is -0.373 e. The maximum Gasteiger partial charge on any atom is 0.0678 e. The van der Waals surface area contributed by atoms with Crippen LogP contribution in [0.25, 0.3) is 0 Å². The smallest absolute Gasteiger partial charge is 0.0678 e. The van der Waals surface area contributed by atoms with Crippen LogP contribution in [0.4, 0.5) is 0 Å². The van der Waals surface area contributed by atoms with E-state index in [4.69, 9.17) is 4.74 Å². The lowest BCUT2D eigenvalue weighted by Crippen LogP contribution is -2.44. The molecule has 3 nitrogen and oxygen atoms in total. The molecule has 1 aromatic heterocycles. The van der Waals surface area contributed by atoms with E-state index in [2.05, 4.69) is 57.8 Å². The fourth-order valence-corrected chi connectivity index (χ4v) is 3.83. The maximum atomic E-state index is 5.82. The average Bonchev–Trinajstić information content (AvgIpc) is 2.65. The Balaban J connectivity index is 1.96. The van der Waals surface area contributed by atoms with Crippen LogP contribution in [-0.4, -0.2) is 35.7 Å². The van der Waals surface area contributed by atoms with Crippen molar-refractivity contribution in [3.05, 3.63) is 21.4 Å². The van der Waals surface area contributed by atoms with E-state index in [0.717, 1.165) is 26.2 Å². The van der Waals surface area contributed by atoms with Crippen LogP contribution in [0.1, 0.15) is 49.9 Å². The van der Waals surface area contributed by atoms with Gasteiger partial charge in [0.1, 0.15) is 0 Å². The Morgan fingerprint density at radius 1 is 1.29 bits per heavy atom. The first-order valence-corrected chi connectivity index (χ1v) is 8.75. The van der Waals surface area contributed by atoms with Crippen molar-refractivity contribution in [3.63, 3.8) is 0 Å². The van der Waals surface area contributed by atoms with E-state index >= 15 is 0 Å². The van der Waals surface area contributed by atoms with Gasteiger partial charge in [-0.2, -0.15) is 0 Å². The predicted molar refractivity (Wildman–Crippen MR) is 90.9 cm³/mol. The zero-order chi connectivity index (χ0) is 15.6. The summed E-state index contributed by atoms with van der Waals surface area (Å²) in [4.78, 5) is 5.41. The molecule has 1 fully saturated rings. The van der Waals surface area contributed by atoms with Gasteiger partial charge in [-0.05, 0) is 53.2 Å². The van der Waals surface area contributed by atoms with E-state index < -0.39 is 0 Å². The number of nitrogens with one attached hydrogen (secondary N) is 1. The Morgan fingerprint density at radius 3 is 2.48 bits per heavy atom. The molecular formula is C17H30N2OS. The van der Waals surface area contributed by atoms with Gasteiger partial charge in [0.05, 0.1) is 12.2 Å². The Labute approximate surface area is 133 Å². The Hall–Kier alpha value is -0.420. The number of rotatable bonds is 4. The van der Waals surface area contributed by atoms with Crippen molar-refractivity contribution in [2.75, 3.05) is 13.1 Å². The first-order valence-electron chi connectivity index (χ1n) is 7.94. The first-order chi connectivity index (χ1) is 9.73. The van der Waals surface area contributed by atoms with Crippen molar-refractivity contribution in [3.8, 4) is 0 Å². The summed E-state index contributed by atoms with van der Waals surface area (Å²) in [5.41, 5.74) is 1.65. The summed E-state index contributed by atoms with van der Waals surface area (Å²) in [6, 6.07) is 2.38. The van der Waals surface area contributed by atoms with Crippen LogP contribution >= 0.6 is 11.3 Å². The number of aryl methyl sites for hydroxylation is 1. The minimum atomic E-state index is 0.174. The fourth-order valence-electron chi connectivity index (χ4n) is 2.84. The lowest BCUT2D eigenvalue weighted by Gasteiger charge is -2.35. The van der Waals surface area contributed by atoms with E-state index in [1.807, 2.05) is 11.3 Å². The summed E-state index contributed by atoms with van der Waals surface area (Å²) in [7, 11) is 0. The highest BCUT2D eigenvalue weighted by molar-refractivity contribution is 7.12. The molecule has 0 bridgehead atoms. The molecule has 1 N–H and O–H groups in total. The Morgan fingerprint density at radius 2 is 1.90 bits per heavy atom. The molecule has 120 valence electrons. The van der Waals surface area contributed by atoms with Crippen LogP contribution in [0, 0.1) is 6.92 Å². The van der Waals surface area contributed by atoms with Gasteiger partial charge in [0.2, 0.25) is 0 Å². The molecule has 0 radical (unpaired) electrons. The van der Waals surface area contributed by atoms with E-state index in [1.165, 1.54) is 15.3 Å². The van der Waals surface area contributed by atoms with Crippen LogP contribution in [0.2, 0.25) is 0 Å². The molecule has 2 heterocycles. The molecule has 0 aromatic carbocycles. The fraction of sp³-hybridized carbons (Fsp3) is 0.765. The Kier molecular flexibility index (Phi) is 5.47. The van der Waals surface area contributed by atoms with E-state index in [-0.39, 0.29) is 5.54 Å². The van der Waals surface area contributed by atoms with Crippen molar-refractivity contribution in [1.82, 2.24) is 10.2 Å². The van der Waals surface area contributed by atoms with Crippen LogP contribution in [0.3, 0.4) is 0 Å². The lowest BCUT2D eigenvalue weighted by atomic mass is 10.1. The molecule has 0 spiro atoms. The quantitative estimate of drug-likeness (QED) is 0.920.